The zero-order valence-electron chi connectivity index (χ0n) is 11.4. The minimum atomic E-state index is -0.739. The van der Waals surface area contributed by atoms with Crippen LogP contribution < -0.4 is 0 Å². The molecule has 0 fully saturated rings. The second-order valence-electron chi connectivity index (χ2n) is 4.48. The van der Waals surface area contributed by atoms with Crippen molar-refractivity contribution in [3.63, 3.8) is 0 Å². The number of imidazole rings is 1. The van der Waals surface area contributed by atoms with Gasteiger partial charge in [-0.15, -0.1) is 0 Å². The lowest BCUT2D eigenvalue weighted by Gasteiger charge is -2.00. The van der Waals surface area contributed by atoms with Crippen LogP contribution in [0.5, 0.6) is 0 Å². The van der Waals surface area contributed by atoms with Crippen molar-refractivity contribution < 1.29 is 14.8 Å². The molecular formula is C12H19N3O4S. The Balaban J connectivity index is 2.13. The van der Waals surface area contributed by atoms with E-state index in [2.05, 4.69) is 4.98 Å². The maximum Gasteiger partial charge on any atom is 0.343 e. The highest BCUT2D eigenvalue weighted by Crippen LogP contribution is 2.22. The third-order valence-corrected chi connectivity index (χ3v) is 4.00. The van der Waals surface area contributed by atoms with Crippen molar-refractivity contribution in [3.8, 4) is 0 Å². The topological polar surface area (TPSA) is 98.3 Å². The second kappa shape index (κ2) is 8.57. The van der Waals surface area contributed by atoms with E-state index in [1.807, 2.05) is 0 Å². The van der Waals surface area contributed by atoms with E-state index in [4.69, 9.17) is 5.11 Å². The van der Waals surface area contributed by atoms with Gasteiger partial charge in [0.25, 0.3) is 5.16 Å². The number of aromatic nitrogens is 2. The molecule has 1 aromatic heterocycles. The van der Waals surface area contributed by atoms with Crippen LogP contribution in [-0.2, 0) is 11.8 Å². The molecule has 0 aliphatic rings. The summed E-state index contributed by atoms with van der Waals surface area (Å²) in [6.07, 6.45) is 6.24. The van der Waals surface area contributed by atoms with Crippen LogP contribution in [0, 0.1) is 10.1 Å². The summed E-state index contributed by atoms with van der Waals surface area (Å²) in [6, 6.07) is 0. The number of carboxylic acid groups (broad SMARTS) is 1. The van der Waals surface area contributed by atoms with E-state index in [-0.39, 0.29) is 12.2 Å². The zero-order chi connectivity index (χ0) is 15.0. The summed E-state index contributed by atoms with van der Waals surface area (Å²) >= 11 is 1.51. The van der Waals surface area contributed by atoms with Gasteiger partial charge in [0.15, 0.2) is 0 Å². The van der Waals surface area contributed by atoms with E-state index < -0.39 is 10.9 Å². The Morgan fingerprint density at radius 1 is 1.40 bits per heavy atom. The SMILES string of the molecule is Cn1c([N+](=O)[O-])cnc1SCCCCCCCC(=O)O. The fourth-order valence-electron chi connectivity index (χ4n) is 1.76. The Kier molecular flexibility index (Phi) is 7.06. The molecule has 0 radical (unpaired) electrons. The highest BCUT2D eigenvalue weighted by atomic mass is 32.2. The third kappa shape index (κ3) is 5.60. The summed E-state index contributed by atoms with van der Waals surface area (Å²) in [5.74, 6) is 0.124. The van der Waals surface area contributed by atoms with Crippen LogP contribution >= 0.6 is 11.8 Å². The molecule has 20 heavy (non-hydrogen) atoms. The molecule has 0 aromatic carbocycles. The third-order valence-electron chi connectivity index (χ3n) is 2.87. The Morgan fingerprint density at radius 3 is 2.65 bits per heavy atom. The van der Waals surface area contributed by atoms with Crippen molar-refractivity contribution >= 4 is 23.5 Å². The van der Waals surface area contributed by atoms with Crippen LogP contribution in [0.2, 0.25) is 0 Å². The molecule has 0 aliphatic heterocycles. The summed E-state index contributed by atoms with van der Waals surface area (Å²) in [5.41, 5.74) is 0. The molecule has 1 aromatic rings. The van der Waals surface area contributed by atoms with Crippen molar-refractivity contribution in [3.05, 3.63) is 16.3 Å². The maximum atomic E-state index is 10.7. The molecule has 112 valence electrons. The van der Waals surface area contributed by atoms with Crippen LogP contribution in [0.1, 0.15) is 38.5 Å². The van der Waals surface area contributed by atoms with Gasteiger partial charge in [-0.3, -0.25) is 4.79 Å². The largest absolute Gasteiger partial charge is 0.481 e. The monoisotopic (exact) mass is 301 g/mol. The van der Waals surface area contributed by atoms with Crippen LogP contribution in [0.25, 0.3) is 0 Å². The Bertz CT molecular complexity index is 462. The molecule has 1 heterocycles. The van der Waals surface area contributed by atoms with E-state index in [1.54, 1.807) is 7.05 Å². The molecule has 0 unspecified atom stereocenters. The van der Waals surface area contributed by atoms with Crippen molar-refractivity contribution in [1.29, 1.82) is 0 Å². The van der Waals surface area contributed by atoms with E-state index in [0.717, 1.165) is 37.9 Å². The lowest BCUT2D eigenvalue weighted by molar-refractivity contribution is -0.392. The summed E-state index contributed by atoms with van der Waals surface area (Å²) < 4.78 is 1.48. The van der Waals surface area contributed by atoms with Crippen molar-refractivity contribution in [2.75, 3.05) is 5.75 Å². The number of hydrogen-bond donors (Lipinski definition) is 1. The number of nitro groups is 1. The van der Waals surface area contributed by atoms with E-state index in [0.29, 0.717) is 5.16 Å². The fraction of sp³-hybridized carbons (Fsp3) is 0.667. The molecule has 8 heteroatoms. The number of rotatable bonds is 10. The van der Waals surface area contributed by atoms with E-state index >= 15 is 0 Å². The zero-order valence-corrected chi connectivity index (χ0v) is 12.3. The standard InChI is InChI=1S/C12H19N3O4S/c1-14-10(15(18)19)9-13-12(14)20-8-6-4-2-3-5-7-11(16)17/h9H,2-8H2,1H3,(H,16,17). The van der Waals surface area contributed by atoms with Gasteiger partial charge in [-0.05, 0) is 17.8 Å². The average molecular weight is 301 g/mol. The molecule has 0 atom stereocenters. The molecule has 0 spiro atoms. The summed E-state index contributed by atoms with van der Waals surface area (Å²) in [5, 5.41) is 19.8. The normalized spacial score (nSPS) is 10.7. The van der Waals surface area contributed by atoms with Gasteiger partial charge in [-0.1, -0.05) is 31.0 Å². The lowest BCUT2D eigenvalue weighted by atomic mass is 10.1. The Labute approximate surface area is 121 Å². The van der Waals surface area contributed by atoms with Gasteiger partial charge in [0, 0.05) is 12.2 Å². The minimum Gasteiger partial charge on any atom is -0.481 e. The number of carboxylic acids is 1. The first-order valence-electron chi connectivity index (χ1n) is 6.53. The first kappa shape index (κ1) is 16.5. The van der Waals surface area contributed by atoms with Gasteiger partial charge in [-0.25, -0.2) is 9.55 Å². The summed E-state index contributed by atoms with van der Waals surface area (Å²) in [7, 11) is 1.64. The van der Waals surface area contributed by atoms with Crippen molar-refractivity contribution in [1.82, 2.24) is 9.55 Å². The minimum absolute atomic E-state index is 0.00108. The lowest BCUT2D eigenvalue weighted by Crippen LogP contribution is -1.98. The maximum absolute atomic E-state index is 10.7. The summed E-state index contributed by atoms with van der Waals surface area (Å²) in [4.78, 5) is 24.5. The predicted molar refractivity (Wildman–Crippen MR) is 75.9 cm³/mol. The number of aliphatic carboxylic acids is 1. The van der Waals surface area contributed by atoms with Crippen LogP contribution in [0.4, 0.5) is 5.82 Å². The van der Waals surface area contributed by atoms with E-state index in [9.17, 15) is 14.9 Å². The average Bonchev–Trinajstić information content (AvgIpc) is 2.74. The summed E-state index contributed by atoms with van der Waals surface area (Å²) in [6.45, 7) is 0. The Hall–Kier alpha value is -1.57. The van der Waals surface area contributed by atoms with Gasteiger partial charge in [0.1, 0.15) is 6.20 Å². The van der Waals surface area contributed by atoms with Gasteiger partial charge in [-0.2, -0.15) is 0 Å². The highest BCUT2D eigenvalue weighted by Gasteiger charge is 2.16. The molecular weight excluding hydrogens is 282 g/mol. The quantitative estimate of drug-likeness (QED) is 0.309. The van der Waals surface area contributed by atoms with Gasteiger partial charge >= 0.3 is 11.8 Å². The fourth-order valence-corrected chi connectivity index (χ4v) is 2.71. The van der Waals surface area contributed by atoms with Crippen LogP contribution in [-0.4, -0.2) is 31.3 Å². The molecule has 7 nitrogen and oxygen atoms in total. The van der Waals surface area contributed by atoms with Crippen LogP contribution in [0.15, 0.2) is 11.4 Å². The molecule has 0 saturated heterocycles. The van der Waals surface area contributed by atoms with E-state index in [1.165, 1.54) is 22.5 Å². The molecule has 0 amide bonds. The van der Waals surface area contributed by atoms with Gasteiger partial charge in [0.2, 0.25) is 0 Å². The number of unbranched alkanes of at least 4 members (excludes halogenated alkanes) is 4. The van der Waals surface area contributed by atoms with Crippen LogP contribution in [0.3, 0.4) is 0 Å². The Morgan fingerprint density at radius 2 is 2.05 bits per heavy atom. The first-order chi connectivity index (χ1) is 9.52. The molecule has 1 N–H and O–H groups in total. The van der Waals surface area contributed by atoms with Gasteiger partial charge < -0.3 is 15.2 Å². The highest BCUT2D eigenvalue weighted by molar-refractivity contribution is 7.99. The molecule has 0 aliphatic carbocycles. The number of carbonyl (C=O) groups is 1. The molecule has 1 rings (SSSR count). The predicted octanol–water partition coefficient (Wildman–Crippen LogP) is 2.85. The van der Waals surface area contributed by atoms with Crippen molar-refractivity contribution in [2.24, 2.45) is 7.05 Å². The van der Waals surface area contributed by atoms with Gasteiger partial charge in [0.05, 0.1) is 7.05 Å². The number of hydrogen-bond acceptors (Lipinski definition) is 5. The molecule has 0 bridgehead atoms. The molecule has 0 saturated carbocycles. The smallest absolute Gasteiger partial charge is 0.343 e. The first-order valence-corrected chi connectivity index (χ1v) is 7.51. The number of nitrogens with zero attached hydrogens (tertiary/aromatic N) is 3. The number of thioether (sulfide) groups is 1. The second-order valence-corrected chi connectivity index (χ2v) is 5.54. The van der Waals surface area contributed by atoms with Crippen molar-refractivity contribution in [2.45, 2.75) is 43.7 Å².